The number of benzene rings is 2. The molecule has 3 rings (SSSR count). The van der Waals surface area contributed by atoms with Gasteiger partial charge >= 0.3 is 5.97 Å². The zero-order valence-corrected chi connectivity index (χ0v) is 16.2. The van der Waals surface area contributed by atoms with Gasteiger partial charge in [-0.05, 0) is 18.2 Å². The van der Waals surface area contributed by atoms with Gasteiger partial charge < -0.3 is 5.11 Å². The second kappa shape index (κ2) is 8.04. The van der Waals surface area contributed by atoms with E-state index in [4.69, 9.17) is 23.2 Å². The summed E-state index contributed by atoms with van der Waals surface area (Å²) < 4.78 is 14.3. The van der Waals surface area contributed by atoms with E-state index in [1.54, 1.807) is 43.4 Å². The molecule has 9 heteroatoms. The van der Waals surface area contributed by atoms with Crippen LogP contribution in [0.1, 0.15) is 15.9 Å². The zero-order valence-electron chi connectivity index (χ0n) is 13.9. The molecule has 0 aliphatic carbocycles. The van der Waals surface area contributed by atoms with Crippen LogP contribution in [0.2, 0.25) is 10.0 Å². The van der Waals surface area contributed by atoms with E-state index in [-0.39, 0.29) is 11.3 Å². The van der Waals surface area contributed by atoms with Crippen molar-refractivity contribution in [3.05, 3.63) is 68.8 Å². The number of thiazole rings is 1. The summed E-state index contributed by atoms with van der Waals surface area (Å²) in [5.74, 6) is -1.12. The first-order valence-corrected chi connectivity index (χ1v) is 9.16. The Labute approximate surface area is 168 Å². The summed E-state index contributed by atoms with van der Waals surface area (Å²) in [5.41, 5.74) is 1.01. The predicted octanol–water partition coefficient (Wildman–Crippen LogP) is 5.42. The molecule has 1 aromatic heterocycles. The number of carboxylic acids is 1. The second-order valence-electron chi connectivity index (χ2n) is 5.40. The lowest BCUT2D eigenvalue weighted by Crippen LogP contribution is -2.10. The van der Waals surface area contributed by atoms with E-state index in [0.29, 0.717) is 26.3 Å². The number of hydrogen-bond donors (Lipinski definition) is 1. The number of hydrogen-bond acceptors (Lipinski definition) is 5. The molecule has 0 fully saturated rings. The van der Waals surface area contributed by atoms with Gasteiger partial charge in [0.05, 0.1) is 16.8 Å². The average molecular weight is 424 g/mol. The Balaban J connectivity index is 1.89. The quantitative estimate of drug-likeness (QED) is 0.439. The third-order valence-electron chi connectivity index (χ3n) is 3.60. The monoisotopic (exact) mass is 423 g/mol. The van der Waals surface area contributed by atoms with E-state index < -0.39 is 11.1 Å². The molecular weight excluding hydrogens is 412 g/mol. The van der Waals surface area contributed by atoms with Gasteiger partial charge in [-0.15, -0.1) is 0 Å². The minimum absolute atomic E-state index is 0.0155. The molecule has 0 unspecified atom stereocenters. The molecule has 0 aliphatic heterocycles. The molecule has 0 radical (unpaired) electrons. The summed E-state index contributed by atoms with van der Waals surface area (Å²) in [5, 5.41) is 15.3. The van der Waals surface area contributed by atoms with Gasteiger partial charge in [-0.1, -0.05) is 58.8 Å². The van der Waals surface area contributed by atoms with Crippen LogP contribution in [0, 0.1) is 5.13 Å². The molecule has 0 saturated carbocycles. The highest BCUT2D eigenvalue weighted by Gasteiger charge is 2.17. The Morgan fingerprint density at radius 2 is 2.04 bits per heavy atom. The third kappa shape index (κ3) is 4.27. The lowest BCUT2D eigenvalue weighted by Gasteiger charge is -2.08. The van der Waals surface area contributed by atoms with Gasteiger partial charge in [0.15, 0.2) is 0 Å². The first-order valence-electron chi connectivity index (χ1n) is 7.58. The van der Waals surface area contributed by atoms with E-state index in [1.807, 2.05) is 0 Å². The smallest absolute Gasteiger partial charge is 0.336 e. The van der Waals surface area contributed by atoms with Gasteiger partial charge in [0, 0.05) is 23.2 Å². The third-order valence-corrected chi connectivity index (χ3v) is 5.07. The minimum atomic E-state index is -1.12. The van der Waals surface area contributed by atoms with Crippen LogP contribution in [0.25, 0.3) is 11.3 Å². The van der Waals surface area contributed by atoms with E-state index >= 15 is 0 Å². The molecule has 1 N–H and O–H groups in total. The normalized spacial score (nSPS) is 11.1. The number of hydrazone groups is 1. The maximum Gasteiger partial charge on any atom is 0.336 e. The van der Waals surface area contributed by atoms with Crippen molar-refractivity contribution < 1.29 is 14.3 Å². The molecule has 2 aromatic carbocycles. The van der Waals surface area contributed by atoms with Crippen LogP contribution in [-0.2, 0) is 0 Å². The topological polar surface area (TPSA) is 65.8 Å². The number of rotatable bonds is 5. The van der Waals surface area contributed by atoms with Crippen LogP contribution in [0.4, 0.5) is 9.52 Å². The predicted molar refractivity (Wildman–Crippen MR) is 107 cm³/mol. The van der Waals surface area contributed by atoms with E-state index in [2.05, 4.69) is 10.1 Å². The number of nitrogens with zero attached hydrogens (tertiary/aromatic N) is 3. The Morgan fingerprint density at radius 1 is 1.30 bits per heavy atom. The fourth-order valence-electron chi connectivity index (χ4n) is 2.27. The highest BCUT2D eigenvalue weighted by atomic mass is 35.5. The Morgan fingerprint density at radius 3 is 2.74 bits per heavy atom. The SMILES string of the molecule is CN(/N=C/c1ccc(Cl)cc1C(=O)O)c1nc(-c2ccccc2Cl)c(F)s1. The fourth-order valence-corrected chi connectivity index (χ4v) is 3.40. The summed E-state index contributed by atoms with van der Waals surface area (Å²) in [7, 11) is 1.58. The first kappa shape index (κ1) is 19.3. The van der Waals surface area contributed by atoms with Gasteiger partial charge in [0.2, 0.25) is 10.3 Å². The zero-order chi connectivity index (χ0) is 19.6. The number of aromatic carboxylic acids is 1. The van der Waals surface area contributed by atoms with Gasteiger partial charge in [0.1, 0.15) is 5.69 Å². The summed E-state index contributed by atoms with van der Waals surface area (Å²) in [6.45, 7) is 0. The summed E-state index contributed by atoms with van der Waals surface area (Å²) >= 11 is 12.8. The van der Waals surface area contributed by atoms with E-state index in [1.165, 1.54) is 17.3 Å². The summed E-state index contributed by atoms with van der Waals surface area (Å²) in [4.78, 5) is 15.6. The lowest BCUT2D eigenvalue weighted by molar-refractivity contribution is 0.0696. The van der Waals surface area contributed by atoms with Crippen molar-refractivity contribution in [2.24, 2.45) is 5.10 Å². The van der Waals surface area contributed by atoms with Crippen LogP contribution in [0.5, 0.6) is 0 Å². The van der Waals surface area contributed by atoms with Crippen LogP contribution < -0.4 is 5.01 Å². The second-order valence-corrected chi connectivity index (χ2v) is 7.17. The molecule has 0 saturated heterocycles. The molecular formula is C18H12Cl2FN3O2S. The van der Waals surface area contributed by atoms with Gasteiger partial charge in [0.25, 0.3) is 0 Å². The van der Waals surface area contributed by atoms with Crippen LogP contribution in [-0.4, -0.2) is 29.3 Å². The van der Waals surface area contributed by atoms with Crippen LogP contribution >= 0.6 is 34.5 Å². The number of carboxylic acid groups (broad SMARTS) is 1. The number of carbonyl (C=O) groups is 1. The van der Waals surface area contributed by atoms with Gasteiger partial charge in [-0.3, -0.25) is 0 Å². The number of halogens is 3. The van der Waals surface area contributed by atoms with Crippen molar-refractivity contribution in [1.29, 1.82) is 0 Å². The molecule has 0 spiro atoms. The van der Waals surface area contributed by atoms with Crippen molar-refractivity contribution in [3.63, 3.8) is 0 Å². The van der Waals surface area contributed by atoms with Gasteiger partial charge in [-0.2, -0.15) is 9.49 Å². The molecule has 0 atom stereocenters. The van der Waals surface area contributed by atoms with Crippen LogP contribution in [0.15, 0.2) is 47.6 Å². The Bertz CT molecular complexity index is 1040. The lowest BCUT2D eigenvalue weighted by atomic mass is 10.1. The molecule has 0 aliphatic rings. The largest absolute Gasteiger partial charge is 0.478 e. The van der Waals surface area contributed by atoms with Crippen LogP contribution in [0.3, 0.4) is 0 Å². The summed E-state index contributed by atoms with van der Waals surface area (Å²) in [6, 6.07) is 11.3. The molecule has 138 valence electrons. The number of aromatic nitrogens is 1. The molecule has 0 bridgehead atoms. The van der Waals surface area contributed by atoms with Crippen molar-refractivity contribution in [1.82, 2.24) is 4.98 Å². The molecule has 5 nitrogen and oxygen atoms in total. The number of anilines is 1. The van der Waals surface area contributed by atoms with E-state index in [9.17, 15) is 14.3 Å². The van der Waals surface area contributed by atoms with Crippen molar-refractivity contribution in [2.45, 2.75) is 0 Å². The molecule has 3 aromatic rings. The standard InChI is InChI=1S/C18H12Cl2FN3O2S/c1-24(22-9-10-6-7-11(19)8-13(10)17(25)26)18-23-15(16(21)27-18)12-4-2-3-5-14(12)20/h2-9H,1H3,(H,25,26)/b22-9+. The summed E-state index contributed by atoms with van der Waals surface area (Å²) in [6.07, 6.45) is 1.36. The van der Waals surface area contributed by atoms with Gasteiger partial charge in [-0.25, -0.2) is 14.8 Å². The van der Waals surface area contributed by atoms with Crippen molar-refractivity contribution in [3.8, 4) is 11.3 Å². The maximum atomic E-state index is 14.3. The highest BCUT2D eigenvalue weighted by molar-refractivity contribution is 7.14. The highest BCUT2D eigenvalue weighted by Crippen LogP contribution is 2.34. The molecule has 27 heavy (non-hydrogen) atoms. The first-order chi connectivity index (χ1) is 12.9. The minimum Gasteiger partial charge on any atom is -0.478 e. The Kier molecular flexibility index (Phi) is 5.74. The molecule has 1 heterocycles. The maximum absolute atomic E-state index is 14.3. The fraction of sp³-hybridized carbons (Fsp3) is 0.0556. The Hall–Kier alpha value is -2.48. The molecule has 0 amide bonds. The van der Waals surface area contributed by atoms with Crippen molar-refractivity contribution >= 4 is 51.9 Å². The van der Waals surface area contributed by atoms with E-state index in [0.717, 1.165) is 11.3 Å². The van der Waals surface area contributed by atoms with Crippen molar-refractivity contribution in [2.75, 3.05) is 12.1 Å². The average Bonchev–Trinajstić information content (AvgIpc) is 3.02.